The topological polar surface area (TPSA) is 75.2 Å². The second-order valence-corrected chi connectivity index (χ2v) is 7.65. The van der Waals surface area contributed by atoms with Crippen LogP contribution in [0, 0.1) is 0 Å². The number of carbonyl (C=O) groups is 1. The van der Waals surface area contributed by atoms with Gasteiger partial charge in [-0.1, -0.05) is 38.4 Å². The van der Waals surface area contributed by atoms with Crippen molar-refractivity contribution < 1.29 is 14.6 Å². The van der Waals surface area contributed by atoms with E-state index in [1.807, 2.05) is 18.2 Å². The van der Waals surface area contributed by atoms with Gasteiger partial charge in [0.15, 0.2) is 0 Å². The van der Waals surface area contributed by atoms with Gasteiger partial charge in [-0.15, -0.1) is 0 Å². The molecule has 1 aromatic carbocycles. The third-order valence-corrected chi connectivity index (χ3v) is 5.42. The Hall–Kier alpha value is -2.53. The molecule has 142 valence electrons. The molecule has 0 radical (unpaired) electrons. The Kier molecular flexibility index (Phi) is 5.16. The zero-order chi connectivity index (χ0) is 19.8. The Morgan fingerprint density at radius 3 is 2.70 bits per heavy atom. The van der Waals surface area contributed by atoms with Gasteiger partial charge in [0.25, 0.3) is 0 Å². The van der Waals surface area contributed by atoms with Gasteiger partial charge in [-0.3, -0.25) is 0 Å². The van der Waals surface area contributed by atoms with Crippen LogP contribution in [0.25, 0.3) is 10.9 Å². The Balaban J connectivity index is 2.19. The van der Waals surface area contributed by atoms with Crippen LogP contribution >= 0.6 is 11.6 Å². The molecule has 2 aromatic heterocycles. The number of ether oxygens (including phenoxy) is 1. The zero-order valence-electron chi connectivity index (χ0n) is 15.9. The number of fused-ring (bicyclic) bond motifs is 1. The Morgan fingerprint density at radius 2 is 2.07 bits per heavy atom. The van der Waals surface area contributed by atoms with Crippen molar-refractivity contribution in [1.29, 1.82) is 0 Å². The lowest BCUT2D eigenvalue weighted by Gasteiger charge is -2.23. The predicted octanol–water partition coefficient (Wildman–Crippen LogP) is 5.20. The number of carboxylic acid groups (broad SMARTS) is 1. The van der Waals surface area contributed by atoms with E-state index in [0.29, 0.717) is 22.9 Å². The number of methoxy groups -OCH3 is 1. The summed E-state index contributed by atoms with van der Waals surface area (Å²) in [5.74, 6) is -0.415. The van der Waals surface area contributed by atoms with Crippen molar-refractivity contribution in [3.63, 3.8) is 0 Å². The fourth-order valence-corrected chi connectivity index (χ4v) is 3.46. The molecule has 0 atom stereocenters. The van der Waals surface area contributed by atoms with Crippen molar-refractivity contribution >= 4 is 28.5 Å². The normalized spacial score (nSPS) is 11.7. The number of aromatic carboxylic acids is 1. The van der Waals surface area contributed by atoms with Crippen LogP contribution in [-0.2, 0) is 11.8 Å². The van der Waals surface area contributed by atoms with Gasteiger partial charge in [0.1, 0.15) is 11.4 Å². The zero-order valence-corrected chi connectivity index (χ0v) is 16.6. The van der Waals surface area contributed by atoms with E-state index < -0.39 is 5.97 Å². The van der Waals surface area contributed by atoms with E-state index >= 15 is 0 Å². The predicted molar refractivity (Wildman–Crippen MR) is 107 cm³/mol. The van der Waals surface area contributed by atoms with Crippen molar-refractivity contribution in [3.8, 4) is 5.75 Å². The van der Waals surface area contributed by atoms with E-state index in [9.17, 15) is 9.90 Å². The van der Waals surface area contributed by atoms with Gasteiger partial charge >= 0.3 is 5.97 Å². The average Bonchev–Trinajstić information content (AvgIpc) is 2.99. The fourth-order valence-electron chi connectivity index (χ4n) is 3.22. The number of hydrogen-bond donors (Lipinski definition) is 2. The quantitative estimate of drug-likeness (QED) is 0.610. The maximum Gasteiger partial charge on any atom is 0.354 e. The van der Waals surface area contributed by atoms with E-state index in [2.05, 4.69) is 30.7 Å². The average molecular weight is 387 g/mol. The monoisotopic (exact) mass is 386 g/mol. The SMILES string of the molecule is CCC(C)(C)c1[nH]c2cc(OC)c(Cl)cc2c1Cc1cccc(C(=O)O)n1. The molecule has 3 aromatic rings. The van der Waals surface area contributed by atoms with E-state index in [0.717, 1.165) is 28.6 Å². The van der Waals surface area contributed by atoms with Gasteiger partial charge in [-0.2, -0.15) is 0 Å². The smallest absolute Gasteiger partial charge is 0.354 e. The van der Waals surface area contributed by atoms with Gasteiger partial charge < -0.3 is 14.8 Å². The molecule has 0 fully saturated rings. The molecule has 27 heavy (non-hydrogen) atoms. The molecule has 0 saturated carbocycles. The summed E-state index contributed by atoms with van der Waals surface area (Å²) in [4.78, 5) is 19.1. The third kappa shape index (κ3) is 3.65. The number of nitrogens with zero attached hydrogens (tertiary/aromatic N) is 1. The van der Waals surface area contributed by atoms with Crippen LogP contribution in [0.5, 0.6) is 5.75 Å². The number of nitrogens with one attached hydrogen (secondary N) is 1. The van der Waals surface area contributed by atoms with Gasteiger partial charge in [-0.25, -0.2) is 9.78 Å². The lowest BCUT2D eigenvalue weighted by Crippen LogP contribution is -2.18. The van der Waals surface area contributed by atoms with E-state index in [-0.39, 0.29) is 11.1 Å². The minimum absolute atomic E-state index is 0.0448. The molecule has 0 aliphatic rings. The van der Waals surface area contributed by atoms with Crippen LogP contribution in [0.1, 0.15) is 54.6 Å². The molecule has 0 aliphatic heterocycles. The first-order chi connectivity index (χ1) is 12.8. The number of pyridine rings is 1. The summed E-state index contributed by atoms with van der Waals surface area (Å²) in [7, 11) is 1.59. The molecule has 2 N–H and O–H groups in total. The number of carboxylic acids is 1. The molecule has 0 bridgehead atoms. The Labute approximate surface area is 163 Å². The molecule has 0 spiro atoms. The summed E-state index contributed by atoms with van der Waals surface area (Å²) in [5, 5.41) is 10.8. The number of aromatic nitrogens is 2. The highest BCUT2D eigenvalue weighted by Crippen LogP contribution is 2.38. The van der Waals surface area contributed by atoms with Crippen molar-refractivity contribution in [2.45, 2.75) is 39.0 Å². The van der Waals surface area contributed by atoms with Crippen molar-refractivity contribution in [3.05, 3.63) is 58.0 Å². The van der Waals surface area contributed by atoms with Crippen LogP contribution in [0.2, 0.25) is 5.02 Å². The Morgan fingerprint density at radius 1 is 1.33 bits per heavy atom. The summed E-state index contributed by atoms with van der Waals surface area (Å²) in [6, 6.07) is 8.87. The van der Waals surface area contributed by atoms with Gasteiger partial charge in [0.05, 0.1) is 12.1 Å². The number of hydrogen-bond acceptors (Lipinski definition) is 3. The summed E-state index contributed by atoms with van der Waals surface area (Å²) >= 11 is 6.37. The number of aromatic amines is 1. The standard InChI is InChI=1S/C21H23ClN2O3/c1-5-21(2,3)19-14(9-12-7-6-8-16(23-12)20(25)26)13-10-15(22)18(27-4)11-17(13)24-19/h6-8,10-11,24H,5,9H2,1-4H3,(H,25,26). The summed E-state index contributed by atoms with van der Waals surface area (Å²) in [6.07, 6.45) is 1.46. The molecule has 5 nitrogen and oxygen atoms in total. The highest BCUT2D eigenvalue weighted by Gasteiger charge is 2.26. The highest BCUT2D eigenvalue weighted by molar-refractivity contribution is 6.32. The maximum atomic E-state index is 11.3. The molecule has 6 heteroatoms. The largest absolute Gasteiger partial charge is 0.495 e. The van der Waals surface area contributed by atoms with Crippen molar-refractivity contribution in [2.75, 3.05) is 7.11 Å². The highest BCUT2D eigenvalue weighted by atomic mass is 35.5. The second kappa shape index (κ2) is 7.24. The fraction of sp³-hybridized carbons (Fsp3) is 0.333. The molecule has 3 rings (SSSR count). The van der Waals surface area contributed by atoms with E-state index in [1.54, 1.807) is 13.2 Å². The van der Waals surface area contributed by atoms with Gasteiger partial charge in [0, 0.05) is 40.2 Å². The second-order valence-electron chi connectivity index (χ2n) is 7.24. The summed E-state index contributed by atoms with van der Waals surface area (Å²) < 4.78 is 5.34. The number of halogens is 1. The summed E-state index contributed by atoms with van der Waals surface area (Å²) in [6.45, 7) is 6.51. The first kappa shape index (κ1) is 19.2. The van der Waals surface area contributed by atoms with Gasteiger partial charge in [-0.05, 0) is 30.2 Å². The minimum atomic E-state index is -1.03. The molecular weight excluding hydrogens is 364 g/mol. The molecule has 0 unspecified atom stereocenters. The molecule has 2 heterocycles. The lowest BCUT2D eigenvalue weighted by atomic mass is 9.83. The first-order valence-electron chi connectivity index (χ1n) is 8.84. The van der Waals surface area contributed by atoms with Gasteiger partial charge in [0.2, 0.25) is 0 Å². The van der Waals surface area contributed by atoms with E-state index in [4.69, 9.17) is 16.3 Å². The molecule has 0 saturated heterocycles. The van der Waals surface area contributed by atoms with Crippen molar-refractivity contribution in [1.82, 2.24) is 9.97 Å². The minimum Gasteiger partial charge on any atom is -0.495 e. The Bertz CT molecular complexity index is 1010. The number of rotatable bonds is 6. The van der Waals surface area contributed by atoms with Crippen LogP contribution in [0.15, 0.2) is 30.3 Å². The van der Waals surface area contributed by atoms with Crippen LogP contribution in [0.4, 0.5) is 0 Å². The third-order valence-electron chi connectivity index (χ3n) is 5.12. The summed E-state index contributed by atoms with van der Waals surface area (Å²) in [5.41, 5.74) is 3.79. The first-order valence-corrected chi connectivity index (χ1v) is 9.22. The van der Waals surface area contributed by atoms with Crippen LogP contribution in [0.3, 0.4) is 0 Å². The lowest BCUT2D eigenvalue weighted by molar-refractivity contribution is 0.0690. The maximum absolute atomic E-state index is 11.3. The molecular formula is C21H23ClN2O3. The number of H-pyrrole nitrogens is 1. The van der Waals surface area contributed by atoms with Crippen LogP contribution in [-0.4, -0.2) is 28.2 Å². The van der Waals surface area contributed by atoms with E-state index in [1.165, 1.54) is 6.07 Å². The van der Waals surface area contributed by atoms with Crippen molar-refractivity contribution in [2.24, 2.45) is 0 Å². The molecule has 0 amide bonds. The number of benzene rings is 1. The van der Waals surface area contributed by atoms with Crippen LogP contribution < -0.4 is 4.74 Å². The molecule has 0 aliphatic carbocycles.